The van der Waals surface area contributed by atoms with Crippen molar-refractivity contribution in [3.63, 3.8) is 0 Å². The SMILES string of the molecule is CCc1cccc(CNC[C@@H](O)[C@H](Cc2cc(F)cc(F)c2)NC(=O)c2nc(NS(C)(=O)=O)oc2C)c1. The number of rotatable bonds is 12. The van der Waals surface area contributed by atoms with Gasteiger partial charge < -0.3 is 20.2 Å². The zero-order valence-corrected chi connectivity index (χ0v) is 21.5. The van der Waals surface area contributed by atoms with Gasteiger partial charge in [0.25, 0.3) is 5.91 Å². The Kier molecular flexibility index (Phi) is 9.35. The van der Waals surface area contributed by atoms with Gasteiger partial charge in [-0.05, 0) is 48.6 Å². The molecule has 9 nitrogen and oxygen atoms in total. The standard InChI is InChI=1S/C25H30F2N4O5S/c1-4-16-6-5-7-17(8-16)13-28-14-22(32)21(11-18-9-19(26)12-20(27)10-18)29-24(33)23-15(2)36-25(30-23)31-37(3,34)35/h5-10,12,21-22,28,32H,4,11,13-14H2,1-3H3,(H,29,33)(H,30,31)/t21-,22+/m0/s1. The van der Waals surface area contributed by atoms with E-state index in [1.807, 2.05) is 29.0 Å². The monoisotopic (exact) mass is 536 g/mol. The van der Waals surface area contributed by atoms with Gasteiger partial charge in [0.2, 0.25) is 10.0 Å². The fraction of sp³-hybridized carbons (Fsp3) is 0.360. The second kappa shape index (κ2) is 12.3. The van der Waals surface area contributed by atoms with Crippen molar-refractivity contribution >= 4 is 21.9 Å². The second-order valence-corrected chi connectivity index (χ2v) is 10.5. The van der Waals surface area contributed by atoms with Gasteiger partial charge in [0, 0.05) is 19.2 Å². The van der Waals surface area contributed by atoms with E-state index >= 15 is 0 Å². The van der Waals surface area contributed by atoms with E-state index in [9.17, 15) is 27.1 Å². The number of aliphatic hydroxyl groups excluding tert-OH is 1. The van der Waals surface area contributed by atoms with Gasteiger partial charge in [-0.25, -0.2) is 21.9 Å². The van der Waals surface area contributed by atoms with Gasteiger partial charge in [0.1, 0.15) is 17.4 Å². The number of aliphatic hydroxyl groups is 1. The maximum atomic E-state index is 13.8. The minimum Gasteiger partial charge on any atom is -0.428 e. The number of hydrogen-bond donors (Lipinski definition) is 4. The maximum absolute atomic E-state index is 13.8. The molecule has 0 saturated carbocycles. The molecule has 12 heteroatoms. The van der Waals surface area contributed by atoms with Crippen LogP contribution in [0.5, 0.6) is 0 Å². The van der Waals surface area contributed by atoms with Crippen LogP contribution in [0.1, 0.15) is 39.9 Å². The molecule has 0 fully saturated rings. The summed E-state index contributed by atoms with van der Waals surface area (Å²) in [4.78, 5) is 16.8. The zero-order valence-electron chi connectivity index (χ0n) is 20.7. The van der Waals surface area contributed by atoms with Crippen LogP contribution in [-0.2, 0) is 29.4 Å². The largest absolute Gasteiger partial charge is 0.428 e. The Labute approximate surface area is 214 Å². The first-order valence-corrected chi connectivity index (χ1v) is 13.5. The fourth-order valence-electron chi connectivity index (χ4n) is 3.78. The molecule has 0 bridgehead atoms. The number of hydrogen-bond acceptors (Lipinski definition) is 7. The van der Waals surface area contributed by atoms with E-state index in [1.54, 1.807) is 0 Å². The van der Waals surface area contributed by atoms with Crippen LogP contribution in [0.25, 0.3) is 0 Å². The van der Waals surface area contributed by atoms with Crippen molar-refractivity contribution in [2.75, 3.05) is 17.5 Å². The van der Waals surface area contributed by atoms with Crippen LogP contribution >= 0.6 is 0 Å². The summed E-state index contributed by atoms with van der Waals surface area (Å²) in [5.74, 6) is -2.28. The molecule has 0 spiro atoms. The highest BCUT2D eigenvalue weighted by molar-refractivity contribution is 7.91. The van der Waals surface area contributed by atoms with E-state index in [2.05, 4.69) is 22.5 Å². The highest BCUT2D eigenvalue weighted by Gasteiger charge is 2.26. The van der Waals surface area contributed by atoms with Crippen molar-refractivity contribution < 1.29 is 31.5 Å². The van der Waals surface area contributed by atoms with Crippen LogP contribution in [0.3, 0.4) is 0 Å². The molecule has 0 aliphatic rings. The first-order valence-electron chi connectivity index (χ1n) is 11.6. The number of nitrogens with zero attached hydrogens (tertiary/aromatic N) is 1. The summed E-state index contributed by atoms with van der Waals surface area (Å²) < 4.78 is 57.7. The number of halogens is 2. The Morgan fingerprint density at radius 3 is 2.43 bits per heavy atom. The summed E-state index contributed by atoms with van der Waals surface area (Å²) in [6, 6.07) is 9.57. The average molecular weight is 537 g/mol. The third kappa shape index (κ3) is 8.62. The van der Waals surface area contributed by atoms with E-state index in [4.69, 9.17) is 4.42 Å². The predicted molar refractivity (Wildman–Crippen MR) is 135 cm³/mol. The van der Waals surface area contributed by atoms with Crippen LogP contribution in [0.15, 0.2) is 46.9 Å². The van der Waals surface area contributed by atoms with E-state index in [0.717, 1.165) is 36.4 Å². The summed E-state index contributed by atoms with van der Waals surface area (Å²) in [6.45, 7) is 4.01. The molecule has 0 aliphatic carbocycles. The van der Waals surface area contributed by atoms with Crippen LogP contribution in [0.4, 0.5) is 14.8 Å². The number of nitrogens with one attached hydrogen (secondary N) is 3. The van der Waals surface area contributed by atoms with Gasteiger partial charge in [-0.2, -0.15) is 4.98 Å². The first-order chi connectivity index (χ1) is 17.4. The van der Waals surface area contributed by atoms with Crippen LogP contribution in [0.2, 0.25) is 0 Å². The summed E-state index contributed by atoms with van der Waals surface area (Å²) in [5, 5.41) is 16.7. The van der Waals surface area contributed by atoms with Crippen molar-refractivity contribution in [2.45, 2.75) is 45.4 Å². The smallest absolute Gasteiger partial charge is 0.309 e. The molecule has 0 radical (unpaired) electrons. The van der Waals surface area contributed by atoms with Crippen molar-refractivity contribution in [2.24, 2.45) is 0 Å². The van der Waals surface area contributed by atoms with Gasteiger partial charge >= 0.3 is 6.01 Å². The first kappa shape index (κ1) is 28.2. The van der Waals surface area contributed by atoms with E-state index in [-0.39, 0.29) is 36.0 Å². The van der Waals surface area contributed by atoms with E-state index < -0.39 is 39.7 Å². The summed E-state index contributed by atoms with van der Waals surface area (Å²) in [5.41, 5.74) is 2.22. The van der Waals surface area contributed by atoms with Crippen LogP contribution in [0, 0.1) is 18.6 Å². The molecule has 1 heterocycles. The molecular weight excluding hydrogens is 506 g/mol. The molecule has 0 aliphatic heterocycles. The molecule has 1 amide bonds. The molecule has 200 valence electrons. The number of amides is 1. The maximum Gasteiger partial charge on any atom is 0.309 e. The molecule has 37 heavy (non-hydrogen) atoms. The van der Waals surface area contributed by atoms with Crippen LogP contribution in [-0.4, -0.2) is 49.4 Å². The van der Waals surface area contributed by atoms with Crippen molar-refractivity contribution in [1.82, 2.24) is 15.6 Å². The lowest BCUT2D eigenvalue weighted by molar-refractivity contribution is 0.0824. The van der Waals surface area contributed by atoms with Crippen LogP contribution < -0.4 is 15.4 Å². The molecule has 3 aromatic rings. The predicted octanol–water partition coefficient (Wildman–Crippen LogP) is 2.69. The lowest BCUT2D eigenvalue weighted by atomic mass is 10.00. The van der Waals surface area contributed by atoms with Crippen molar-refractivity contribution in [3.8, 4) is 0 Å². The molecule has 2 atom stereocenters. The van der Waals surface area contributed by atoms with Gasteiger partial charge in [-0.3, -0.25) is 4.79 Å². The van der Waals surface area contributed by atoms with E-state index in [1.165, 1.54) is 12.5 Å². The number of benzene rings is 2. The van der Waals surface area contributed by atoms with Gasteiger partial charge in [0.15, 0.2) is 5.69 Å². The number of carbonyl (C=O) groups is 1. The summed E-state index contributed by atoms with van der Waals surface area (Å²) in [7, 11) is -3.69. The molecule has 4 N–H and O–H groups in total. The van der Waals surface area contributed by atoms with E-state index in [0.29, 0.717) is 6.54 Å². The Hall–Kier alpha value is -3.35. The third-order valence-electron chi connectivity index (χ3n) is 5.53. The quantitative estimate of drug-likeness (QED) is 0.280. The third-order valence-corrected chi connectivity index (χ3v) is 6.07. The normalized spacial score (nSPS) is 13.2. The highest BCUT2D eigenvalue weighted by Crippen LogP contribution is 2.17. The Morgan fingerprint density at radius 1 is 1.11 bits per heavy atom. The highest BCUT2D eigenvalue weighted by atomic mass is 32.2. The molecule has 0 unspecified atom stereocenters. The Morgan fingerprint density at radius 2 is 1.78 bits per heavy atom. The molecule has 3 rings (SSSR count). The lowest BCUT2D eigenvalue weighted by Gasteiger charge is -2.24. The summed E-state index contributed by atoms with van der Waals surface area (Å²) in [6.07, 6.45) is 0.560. The fourth-order valence-corrected chi connectivity index (χ4v) is 4.18. The Balaban J connectivity index is 1.75. The van der Waals surface area contributed by atoms with Crippen molar-refractivity contribution in [3.05, 3.63) is 82.2 Å². The summed E-state index contributed by atoms with van der Waals surface area (Å²) >= 11 is 0. The number of oxazole rings is 1. The second-order valence-electron chi connectivity index (χ2n) is 8.73. The minimum atomic E-state index is -3.69. The van der Waals surface area contributed by atoms with Gasteiger partial charge in [-0.1, -0.05) is 31.2 Å². The molecular formula is C25H30F2N4O5S. The molecule has 0 saturated heterocycles. The Bertz CT molecular complexity index is 1330. The number of carbonyl (C=O) groups excluding carboxylic acids is 1. The topological polar surface area (TPSA) is 134 Å². The number of sulfonamides is 1. The number of anilines is 1. The van der Waals surface area contributed by atoms with Crippen molar-refractivity contribution in [1.29, 1.82) is 0 Å². The van der Waals surface area contributed by atoms with Gasteiger partial charge in [-0.15, -0.1) is 0 Å². The molecule has 1 aromatic heterocycles. The minimum absolute atomic E-state index is 0.0441. The molecule has 2 aromatic carbocycles. The lowest BCUT2D eigenvalue weighted by Crippen LogP contribution is -2.48. The average Bonchev–Trinajstić information content (AvgIpc) is 3.16. The van der Waals surface area contributed by atoms with Gasteiger partial charge in [0.05, 0.1) is 18.4 Å². The zero-order chi connectivity index (χ0) is 27.2. The number of aryl methyl sites for hydroxylation is 2. The number of aromatic nitrogens is 1.